The highest BCUT2D eigenvalue weighted by atomic mass is 35.5. The lowest BCUT2D eigenvalue weighted by molar-refractivity contribution is 0.174. The lowest BCUT2D eigenvalue weighted by atomic mass is 10.1. The summed E-state index contributed by atoms with van der Waals surface area (Å²) in [6, 6.07) is 10.1. The van der Waals surface area contributed by atoms with Gasteiger partial charge in [0, 0.05) is 33.5 Å². The molecule has 1 aromatic heterocycles. The highest BCUT2D eigenvalue weighted by molar-refractivity contribution is 7.99. The van der Waals surface area contributed by atoms with Gasteiger partial charge in [0.25, 0.3) is 0 Å². The lowest BCUT2D eigenvalue weighted by Gasteiger charge is -2.24. The number of methoxy groups -OCH3 is 1. The number of benzene rings is 2. The molecule has 0 radical (unpaired) electrons. The first-order chi connectivity index (χ1) is 14.6. The van der Waals surface area contributed by atoms with E-state index in [1.54, 1.807) is 13.4 Å². The minimum absolute atomic E-state index is 0.183. The van der Waals surface area contributed by atoms with Crippen LogP contribution in [0.2, 0.25) is 5.02 Å². The molecule has 156 valence electrons. The van der Waals surface area contributed by atoms with Gasteiger partial charge < -0.3 is 24.1 Å². The van der Waals surface area contributed by atoms with Crippen molar-refractivity contribution in [2.75, 3.05) is 25.3 Å². The Morgan fingerprint density at radius 3 is 2.87 bits per heavy atom. The monoisotopic (exact) mass is 443 g/mol. The van der Waals surface area contributed by atoms with E-state index in [4.69, 9.17) is 25.8 Å². The van der Waals surface area contributed by atoms with Crippen LogP contribution in [0.5, 0.6) is 17.2 Å². The summed E-state index contributed by atoms with van der Waals surface area (Å²) < 4.78 is 16.6. The van der Waals surface area contributed by atoms with Crippen LogP contribution in [0.1, 0.15) is 28.6 Å². The normalized spacial score (nSPS) is 17.6. The summed E-state index contributed by atoms with van der Waals surface area (Å²) in [7, 11) is 1.69. The number of imidazole rings is 1. The molecule has 0 aliphatic carbocycles. The molecule has 0 saturated carbocycles. The Hall–Kier alpha value is -2.51. The fourth-order valence-corrected chi connectivity index (χ4v) is 5.58. The van der Waals surface area contributed by atoms with Crippen molar-refractivity contribution in [3.8, 4) is 17.2 Å². The molecule has 1 atom stereocenters. The number of hydrogen-bond donors (Lipinski definition) is 1. The maximum absolute atomic E-state index is 6.65. The van der Waals surface area contributed by atoms with Crippen molar-refractivity contribution in [3.63, 3.8) is 0 Å². The van der Waals surface area contributed by atoms with Gasteiger partial charge in [-0.1, -0.05) is 11.6 Å². The van der Waals surface area contributed by atoms with Crippen LogP contribution in [0.3, 0.4) is 0 Å². The number of hydrogen-bond acceptors (Lipinski definition) is 6. The molecule has 0 bridgehead atoms. The molecule has 0 fully saturated rings. The second-order valence-corrected chi connectivity index (χ2v) is 9.00. The Balaban J connectivity index is 1.51. The molecule has 3 heterocycles. The van der Waals surface area contributed by atoms with Gasteiger partial charge in [0.15, 0.2) is 11.5 Å². The van der Waals surface area contributed by atoms with E-state index in [1.165, 1.54) is 10.6 Å². The smallest absolute Gasteiger partial charge is 0.231 e. The average molecular weight is 444 g/mol. The predicted molar refractivity (Wildman–Crippen MR) is 118 cm³/mol. The second-order valence-electron chi connectivity index (χ2n) is 7.35. The lowest BCUT2D eigenvalue weighted by Crippen LogP contribution is -2.24. The number of rotatable bonds is 4. The van der Waals surface area contributed by atoms with Gasteiger partial charge in [-0.3, -0.25) is 0 Å². The Bertz CT molecular complexity index is 1090. The third kappa shape index (κ3) is 3.56. The number of ether oxygens (including phenoxy) is 3. The summed E-state index contributed by atoms with van der Waals surface area (Å²) in [5.41, 5.74) is 4.40. The zero-order valence-electron chi connectivity index (χ0n) is 16.8. The minimum atomic E-state index is 0.183. The first-order valence-corrected chi connectivity index (χ1v) is 11.1. The molecule has 1 N–H and O–H groups in total. The van der Waals surface area contributed by atoms with Crippen molar-refractivity contribution in [2.24, 2.45) is 0 Å². The van der Waals surface area contributed by atoms with E-state index in [0.29, 0.717) is 10.8 Å². The van der Waals surface area contributed by atoms with Crippen LogP contribution < -0.4 is 19.1 Å². The van der Waals surface area contributed by atoms with Gasteiger partial charge in [0.1, 0.15) is 5.75 Å². The molecule has 0 spiro atoms. The van der Waals surface area contributed by atoms with E-state index in [-0.39, 0.29) is 12.0 Å². The van der Waals surface area contributed by atoms with Crippen LogP contribution >= 0.6 is 23.4 Å². The van der Waals surface area contributed by atoms with Crippen LogP contribution in [0.15, 0.2) is 41.6 Å². The Morgan fingerprint density at radius 2 is 2.10 bits per heavy atom. The zero-order chi connectivity index (χ0) is 20.7. The molecule has 5 rings (SSSR count). The van der Waals surface area contributed by atoms with Crippen molar-refractivity contribution in [1.29, 1.82) is 0 Å². The number of thioether (sulfide) groups is 1. The highest BCUT2D eigenvalue weighted by Gasteiger charge is 2.28. The van der Waals surface area contributed by atoms with Gasteiger partial charge in [-0.05, 0) is 43.2 Å². The van der Waals surface area contributed by atoms with Gasteiger partial charge in [-0.2, -0.15) is 0 Å². The van der Waals surface area contributed by atoms with E-state index in [1.807, 2.05) is 30.0 Å². The number of fused-ring (bicyclic) bond motifs is 2. The first kappa shape index (κ1) is 19.5. The third-order valence-corrected chi connectivity index (χ3v) is 7.23. The Morgan fingerprint density at radius 1 is 1.27 bits per heavy atom. The molecule has 2 aliphatic heterocycles. The fourth-order valence-electron chi connectivity index (χ4n) is 3.87. The first-order valence-electron chi connectivity index (χ1n) is 9.80. The number of nitrogens with one attached hydrogen (secondary N) is 1. The number of aromatic amines is 1. The summed E-state index contributed by atoms with van der Waals surface area (Å²) in [6.45, 7) is 3.92. The van der Waals surface area contributed by atoms with Crippen LogP contribution in [-0.4, -0.2) is 30.4 Å². The van der Waals surface area contributed by atoms with Crippen molar-refractivity contribution < 1.29 is 14.2 Å². The van der Waals surface area contributed by atoms with Gasteiger partial charge >= 0.3 is 0 Å². The molecule has 0 unspecified atom stereocenters. The molecule has 3 aromatic rings. The van der Waals surface area contributed by atoms with Crippen LogP contribution in [0.25, 0.3) is 0 Å². The molecule has 30 heavy (non-hydrogen) atoms. The molecule has 2 aromatic carbocycles. The van der Waals surface area contributed by atoms with Crippen LogP contribution in [0, 0.1) is 6.92 Å². The number of anilines is 1. The van der Waals surface area contributed by atoms with Crippen LogP contribution in [-0.2, 0) is 6.54 Å². The summed E-state index contributed by atoms with van der Waals surface area (Å²) in [4.78, 5) is 11.2. The number of aryl methyl sites for hydroxylation is 1. The van der Waals surface area contributed by atoms with Gasteiger partial charge in [-0.25, -0.2) is 4.98 Å². The number of halogens is 1. The van der Waals surface area contributed by atoms with Crippen molar-refractivity contribution >= 4 is 29.1 Å². The van der Waals surface area contributed by atoms with Gasteiger partial charge in [0.2, 0.25) is 6.79 Å². The Kier molecular flexibility index (Phi) is 5.16. The van der Waals surface area contributed by atoms with E-state index < -0.39 is 0 Å². The standard InChI is InChI=1S/C22H22ClN3O3S/c1-13-17(25-11-24-13)10-26-6-5-21(30-22-7-14(27-2)3-4-18(22)26)15-8-19-20(9-16(15)23)29-12-28-19/h3-4,7-9,11,21H,5-6,10,12H2,1-2H3,(H,24,25)/t21-/m0/s1. The third-order valence-electron chi connectivity index (χ3n) is 5.55. The molecule has 0 amide bonds. The fraction of sp³-hybridized carbons (Fsp3) is 0.318. The van der Waals surface area contributed by atoms with E-state index in [2.05, 4.69) is 33.9 Å². The summed E-state index contributed by atoms with van der Waals surface area (Å²) in [5, 5.41) is 0.890. The number of nitrogens with zero attached hydrogens (tertiary/aromatic N) is 2. The maximum atomic E-state index is 6.65. The molecule has 6 nitrogen and oxygen atoms in total. The SMILES string of the molecule is COc1ccc2c(c1)S[C@H](c1cc3c(cc1Cl)OCO3)CCN2Cc1nc[nH]c1C. The van der Waals surface area contributed by atoms with E-state index in [0.717, 1.165) is 48.0 Å². The van der Waals surface area contributed by atoms with Crippen molar-refractivity contribution in [3.05, 3.63) is 58.6 Å². The molecular formula is C22H22ClN3O3S. The summed E-state index contributed by atoms with van der Waals surface area (Å²) >= 11 is 8.46. The number of aromatic nitrogens is 2. The summed E-state index contributed by atoms with van der Waals surface area (Å²) in [6.07, 6.45) is 2.69. The van der Waals surface area contributed by atoms with Crippen molar-refractivity contribution in [1.82, 2.24) is 9.97 Å². The Labute approximate surface area is 184 Å². The molecular weight excluding hydrogens is 422 g/mol. The van der Waals surface area contributed by atoms with Gasteiger partial charge in [0.05, 0.1) is 31.4 Å². The minimum Gasteiger partial charge on any atom is -0.497 e. The second kappa shape index (κ2) is 7.96. The van der Waals surface area contributed by atoms with Crippen molar-refractivity contribution in [2.45, 2.75) is 30.0 Å². The van der Waals surface area contributed by atoms with Gasteiger partial charge in [-0.15, -0.1) is 11.8 Å². The topological polar surface area (TPSA) is 59.6 Å². The van der Waals surface area contributed by atoms with Crippen LogP contribution in [0.4, 0.5) is 5.69 Å². The zero-order valence-corrected chi connectivity index (χ0v) is 18.3. The van der Waals surface area contributed by atoms with E-state index in [9.17, 15) is 0 Å². The molecule has 0 saturated heterocycles. The summed E-state index contributed by atoms with van der Waals surface area (Å²) in [5.74, 6) is 2.31. The van der Waals surface area contributed by atoms with E-state index >= 15 is 0 Å². The molecule has 8 heteroatoms. The quantitative estimate of drug-likeness (QED) is 0.586. The maximum Gasteiger partial charge on any atom is 0.231 e. The highest BCUT2D eigenvalue weighted by Crippen LogP contribution is 2.50. The number of H-pyrrole nitrogens is 1. The molecule has 2 aliphatic rings. The average Bonchev–Trinajstić information content (AvgIpc) is 3.32. The largest absolute Gasteiger partial charge is 0.497 e. The predicted octanol–water partition coefficient (Wildman–Crippen LogP) is 5.35.